The molecule has 2 aliphatic rings. The predicted octanol–water partition coefficient (Wildman–Crippen LogP) is 3.15. The van der Waals surface area contributed by atoms with Gasteiger partial charge in [-0.3, -0.25) is 14.6 Å². The van der Waals surface area contributed by atoms with Crippen LogP contribution in [0.15, 0.2) is 28.5 Å². The van der Waals surface area contributed by atoms with Crippen molar-refractivity contribution >= 4 is 28.6 Å². The number of ketones is 1. The van der Waals surface area contributed by atoms with E-state index in [0.717, 1.165) is 6.42 Å². The smallest absolute Gasteiger partial charge is 0.242 e. The monoisotopic (exact) mass is 324 g/mol. The number of thioether (sulfide) groups is 1. The van der Waals surface area contributed by atoms with E-state index >= 15 is 0 Å². The van der Waals surface area contributed by atoms with E-state index in [0.29, 0.717) is 17.2 Å². The van der Waals surface area contributed by atoms with Gasteiger partial charge in [-0.1, -0.05) is 31.7 Å². The molecule has 6 heteroatoms. The Bertz CT molecular complexity index is 581. The minimum Gasteiger partial charge on any atom is -0.304 e. The Kier molecular flexibility index (Phi) is 5.21. The number of carbonyl (C=O) groups is 2. The summed E-state index contributed by atoms with van der Waals surface area (Å²) in [6.07, 6.45) is 5.10. The quantitative estimate of drug-likeness (QED) is 0.845. The van der Waals surface area contributed by atoms with Crippen LogP contribution in [0.2, 0.25) is 0 Å². The van der Waals surface area contributed by atoms with E-state index in [1.807, 2.05) is 19.9 Å². The predicted molar refractivity (Wildman–Crippen MR) is 87.4 cm³/mol. The molecule has 1 saturated heterocycles. The van der Waals surface area contributed by atoms with Crippen LogP contribution in [0.25, 0.3) is 0 Å². The Labute approximate surface area is 134 Å². The Morgan fingerprint density at radius 1 is 1.45 bits per heavy atom. The number of Topliss-reactive ketones (excluding diaryl/α,β-unsaturated/α-hetero) is 1. The maximum Gasteiger partial charge on any atom is 0.242 e. The van der Waals surface area contributed by atoms with E-state index in [1.54, 1.807) is 13.0 Å². The standard InChI is InChI=1S/C16H21FN2O2S/c1-10(2)13(20)8-16(3)14(21)19-15(22-16)18-9-11-6-4-5-7-12(11)17/h6-7,10H,4-5,8-9H2,1-3H3,(H,18,19,21). The molecule has 0 spiro atoms. The molecular weight excluding hydrogens is 303 g/mol. The van der Waals surface area contributed by atoms with Crippen molar-refractivity contribution in [2.24, 2.45) is 10.9 Å². The zero-order valence-electron chi connectivity index (χ0n) is 13.1. The topological polar surface area (TPSA) is 58.5 Å². The summed E-state index contributed by atoms with van der Waals surface area (Å²) in [6, 6.07) is 0. The first-order valence-corrected chi connectivity index (χ1v) is 8.26. The lowest BCUT2D eigenvalue weighted by Gasteiger charge is -2.18. The second-order valence-electron chi connectivity index (χ2n) is 6.06. The number of hydrogen-bond donors (Lipinski definition) is 1. The van der Waals surface area contributed by atoms with Gasteiger partial charge in [-0.2, -0.15) is 0 Å². The van der Waals surface area contributed by atoms with Gasteiger partial charge < -0.3 is 5.32 Å². The van der Waals surface area contributed by atoms with E-state index in [1.165, 1.54) is 11.8 Å². The summed E-state index contributed by atoms with van der Waals surface area (Å²) in [5, 5.41) is 3.16. The van der Waals surface area contributed by atoms with Gasteiger partial charge in [0.25, 0.3) is 0 Å². The average molecular weight is 324 g/mol. The zero-order chi connectivity index (χ0) is 16.3. The molecule has 0 bridgehead atoms. The molecule has 0 aromatic heterocycles. The highest BCUT2D eigenvalue weighted by Crippen LogP contribution is 2.36. The first-order chi connectivity index (χ1) is 10.3. The summed E-state index contributed by atoms with van der Waals surface area (Å²) >= 11 is 1.26. The van der Waals surface area contributed by atoms with Crippen LogP contribution < -0.4 is 5.32 Å². The number of amidine groups is 1. The van der Waals surface area contributed by atoms with E-state index < -0.39 is 4.75 Å². The van der Waals surface area contributed by atoms with Crippen molar-refractivity contribution in [2.45, 2.75) is 44.8 Å². The lowest BCUT2D eigenvalue weighted by Crippen LogP contribution is -2.36. The van der Waals surface area contributed by atoms with E-state index in [4.69, 9.17) is 0 Å². The molecule has 1 fully saturated rings. The van der Waals surface area contributed by atoms with Gasteiger partial charge in [-0.25, -0.2) is 4.39 Å². The van der Waals surface area contributed by atoms with Crippen molar-refractivity contribution in [3.8, 4) is 0 Å². The highest BCUT2D eigenvalue weighted by molar-refractivity contribution is 8.16. The van der Waals surface area contributed by atoms with Gasteiger partial charge in [-0.15, -0.1) is 0 Å². The van der Waals surface area contributed by atoms with Gasteiger partial charge in [0.1, 0.15) is 16.4 Å². The Hall–Kier alpha value is -1.43. The van der Waals surface area contributed by atoms with Crippen LogP contribution >= 0.6 is 11.8 Å². The van der Waals surface area contributed by atoms with Gasteiger partial charge in [-0.05, 0) is 25.8 Å². The third-order valence-electron chi connectivity index (χ3n) is 3.76. The largest absolute Gasteiger partial charge is 0.304 e. The molecule has 0 radical (unpaired) electrons. The van der Waals surface area contributed by atoms with E-state index in [-0.39, 0.29) is 36.4 Å². The van der Waals surface area contributed by atoms with Crippen LogP contribution in [-0.2, 0) is 9.59 Å². The summed E-state index contributed by atoms with van der Waals surface area (Å²) in [5.41, 5.74) is 0.556. The van der Waals surface area contributed by atoms with Crippen molar-refractivity contribution in [1.82, 2.24) is 5.32 Å². The minimum atomic E-state index is -0.824. The van der Waals surface area contributed by atoms with Crippen molar-refractivity contribution in [3.63, 3.8) is 0 Å². The van der Waals surface area contributed by atoms with Crippen LogP contribution in [0.3, 0.4) is 0 Å². The van der Waals surface area contributed by atoms with Crippen LogP contribution in [0.4, 0.5) is 4.39 Å². The van der Waals surface area contributed by atoms with Crippen molar-refractivity contribution in [2.75, 3.05) is 6.54 Å². The highest BCUT2D eigenvalue weighted by Gasteiger charge is 2.44. The lowest BCUT2D eigenvalue weighted by atomic mass is 9.96. The summed E-state index contributed by atoms with van der Waals surface area (Å²) in [4.78, 5) is 28.3. The molecule has 1 atom stereocenters. The molecule has 0 aromatic carbocycles. The third-order valence-corrected chi connectivity index (χ3v) is 4.96. The molecule has 1 heterocycles. The van der Waals surface area contributed by atoms with Crippen LogP contribution in [0.5, 0.6) is 0 Å². The van der Waals surface area contributed by atoms with Gasteiger partial charge in [0.15, 0.2) is 5.17 Å². The maximum absolute atomic E-state index is 13.6. The normalized spacial score (nSPS) is 27.0. The number of amides is 1. The summed E-state index contributed by atoms with van der Waals surface area (Å²) in [7, 11) is 0. The summed E-state index contributed by atoms with van der Waals surface area (Å²) in [5.74, 6) is -0.491. The molecule has 1 unspecified atom stereocenters. The van der Waals surface area contributed by atoms with Crippen LogP contribution in [-0.4, -0.2) is 28.1 Å². The minimum absolute atomic E-state index is 0.0513. The van der Waals surface area contributed by atoms with E-state index in [2.05, 4.69) is 10.3 Å². The van der Waals surface area contributed by atoms with Crippen LogP contribution in [0, 0.1) is 5.92 Å². The summed E-state index contributed by atoms with van der Waals surface area (Å²) in [6.45, 7) is 5.60. The molecule has 22 heavy (non-hydrogen) atoms. The second-order valence-corrected chi connectivity index (χ2v) is 7.56. The molecule has 1 aliphatic carbocycles. The number of hydrogen-bond acceptors (Lipinski definition) is 4. The zero-order valence-corrected chi connectivity index (χ0v) is 13.9. The molecule has 1 amide bonds. The molecule has 4 nitrogen and oxygen atoms in total. The number of carbonyl (C=O) groups excluding carboxylic acids is 2. The average Bonchev–Trinajstić information content (AvgIpc) is 2.72. The fourth-order valence-corrected chi connectivity index (χ4v) is 3.29. The Balaban J connectivity index is 2.02. The number of aliphatic imine (C=N–C) groups is 1. The summed E-state index contributed by atoms with van der Waals surface area (Å²) < 4.78 is 12.8. The Morgan fingerprint density at radius 3 is 2.77 bits per heavy atom. The van der Waals surface area contributed by atoms with E-state index in [9.17, 15) is 14.0 Å². The molecule has 1 aliphatic heterocycles. The molecule has 0 saturated carbocycles. The number of halogens is 1. The molecule has 1 N–H and O–H groups in total. The van der Waals surface area contributed by atoms with Crippen molar-refractivity contribution < 1.29 is 14.0 Å². The molecular formula is C16H21FN2O2S. The first-order valence-electron chi connectivity index (χ1n) is 7.44. The SMILES string of the molecule is CC(C)C(=O)CC1(C)SC(=NCC2=CCCC=C2F)NC1=O. The van der Waals surface area contributed by atoms with Gasteiger partial charge >= 0.3 is 0 Å². The van der Waals surface area contributed by atoms with Gasteiger partial charge in [0.05, 0.1) is 6.54 Å². The molecule has 2 rings (SSSR count). The number of rotatable bonds is 5. The third kappa shape index (κ3) is 3.85. The highest BCUT2D eigenvalue weighted by atomic mass is 32.2. The fourth-order valence-electron chi connectivity index (χ4n) is 2.23. The maximum atomic E-state index is 13.6. The second kappa shape index (κ2) is 6.77. The fraction of sp³-hybridized carbons (Fsp3) is 0.562. The number of nitrogens with zero attached hydrogens (tertiary/aromatic N) is 1. The Morgan fingerprint density at radius 2 is 2.14 bits per heavy atom. The van der Waals surface area contributed by atoms with Gasteiger partial charge in [0.2, 0.25) is 5.91 Å². The van der Waals surface area contributed by atoms with Crippen LogP contribution in [0.1, 0.15) is 40.0 Å². The van der Waals surface area contributed by atoms with Crippen molar-refractivity contribution in [1.29, 1.82) is 0 Å². The van der Waals surface area contributed by atoms with Crippen molar-refractivity contribution in [3.05, 3.63) is 23.6 Å². The molecule has 0 aromatic rings. The lowest BCUT2D eigenvalue weighted by molar-refractivity contribution is -0.127. The first kappa shape index (κ1) is 16.9. The molecule has 120 valence electrons. The number of allylic oxidation sites excluding steroid dienone is 2. The van der Waals surface area contributed by atoms with Gasteiger partial charge in [0, 0.05) is 17.9 Å². The number of nitrogens with one attached hydrogen (secondary N) is 1.